The topological polar surface area (TPSA) is 93.3 Å². The molecule has 2 heterocycles. The second kappa shape index (κ2) is 15.0. The summed E-state index contributed by atoms with van der Waals surface area (Å²) in [5, 5.41) is 3.12. The first kappa shape index (κ1) is 35.3. The van der Waals surface area contributed by atoms with Gasteiger partial charge in [0.15, 0.2) is 0 Å². The molecule has 0 bridgehead atoms. The number of nitrogens with one attached hydrogen (secondary N) is 1. The Morgan fingerprint density at radius 1 is 1.00 bits per heavy atom. The van der Waals surface area contributed by atoms with Gasteiger partial charge in [0, 0.05) is 32.3 Å². The molecular formula is C33H55N5O4. The van der Waals surface area contributed by atoms with Gasteiger partial charge in [-0.2, -0.15) is 0 Å². The molecule has 4 atom stereocenters. The van der Waals surface area contributed by atoms with Gasteiger partial charge in [0.05, 0.1) is 18.6 Å². The van der Waals surface area contributed by atoms with Crippen LogP contribution in [0.2, 0.25) is 0 Å². The van der Waals surface area contributed by atoms with E-state index in [4.69, 9.17) is 6.42 Å². The van der Waals surface area contributed by atoms with Gasteiger partial charge in [0.1, 0.15) is 12.1 Å². The van der Waals surface area contributed by atoms with Crippen LogP contribution in [0.25, 0.3) is 0 Å². The highest BCUT2D eigenvalue weighted by molar-refractivity contribution is 5.97. The second-order valence-corrected chi connectivity index (χ2v) is 13.7. The van der Waals surface area contributed by atoms with Crippen molar-refractivity contribution in [3.8, 4) is 12.3 Å². The predicted molar refractivity (Wildman–Crippen MR) is 167 cm³/mol. The maximum atomic E-state index is 14.1. The van der Waals surface area contributed by atoms with Crippen LogP contribution in [-0.4, -0.2) is 107 Å². The van der Waals surface area contributed by atoms with Crippen molar-refractivity contribution in [2.24, 2.45) is 11.3 Å². The van der Waals surface area contributed by atoms with Gasteiger partial charge in [-0.3, -0.25) is 24.1 Å². The van der Waals surface area contributed by atoms with Gasteiger partial charge >= 0.3 is 0 Å². The van der Waals surface area contributed by atoms with Crippen LogP contribution in [0.5, 0.6) is 0 Å². The quantitative estimate of drug-likeness (QED) is 0.314. The van der Waals surface area contributed by atoms with E-state index in [1.165, 1.54) is 4.90 Å². The summed E-state index contributed by atoms with van der Waals surface area (Å²) < 4.78 is 0. The first-order valence-corrected chi connectivity index (χ1v) is 15.5. The van der Waals surface area contributed by atoms with Gasteiger partial charge in [0.2, 0.25) is 23.6 Å². The van der Waals surface area contributed by atoms with Crippen LogP contribution in [0.1, 0.15) is 87.5 Å². The highest BCUT2D eigenvalue weighted by atomic mass is 16.2. The zero-order valence-electron chi connectivity index (χ0n) is 27.7. The minimum atomic E-state index is -0.733. The first-order chi connectivity index (χ1) is 19.5. The van der Waals surface area contributed by atoms with Crippen molar-refractivity contribution in [3.05, 3.63) is 11.6 Å². The highest BCUT2D eigenvalue weighted by Gasteiger charge is 2.40. The minimum absolute atomic E-state index is 0.00515. The molecule has 2 fully saturated rings. The lowest BCUT2D eigenvalue weighted by Gasteiger charge is -2.41. The average molecular weight is 586 g/mol. The molecule has 0 aromatic heterocycles. The van der Waals surface area contributed by atoms with Crippen molar-refractivity contribution in [2.45, 2.75) is 118 Å². The zero-order valence-corrected chi connectivity index (χ0v) is 27.7. The molecule has 0 aromatic rings. The number of carbonyl (C=O) groups is 4. The third-order valence-corrected chi connectivity index (χ3v) is 8.65. The Morgan fingerprint density at radius 2 is 1.62 bits per heavy atom. The molecular weight excluding hydrogens is 530 g/mol. The molecule has 0 spiro atoms. The number of nitrogens with zero attached hydrogens (tertiary/aromatic N) is 4. The minimum Gasteiger partial charge on any atom is -0.342 e. The Balaban J connectivity index is 2.28. The number of likely N-dealkylation sites (tertiary alicyclic amines) is 2. The van der Waals surface area contributed by atoms with E-state index >= 15 is 0 Å². The SMILES string of the molecule is C#CCN(C)C(=O)[C@@H]1CCCN1C(=O)C(C)=CC(C(C)C)N(C)C(=O)[C@@H](NC(=O)[C@H]1CCCCN1C(C)C)C(C)(C)C. The van der Waals surface area contributed by atoms with Crippen LogP contribution in [0.3, 0.4) is 0 Å². The Bertz CT molecular complexity index is 1050. The molecule has 0 aliphatic carbocycles. The zero-order chi connectivity index (χ0) is 31.9. The summed E-state index contributed by atoms with van der Waals surface area (Å²) in [5.41, 5.74) is -0.0408. The molecule has 9 heteroatoms. The van der Waals surface area contributed by atoms with Crippen molar-refractivity contribution >= 4 is 23.6 Å². The van der Waals surface area contributed by atoms with Gasteiger partial charge < -0.3 is 20.0 Å². The summed E-state index contributed by atoms with van der Waals surface area (Å²) in [4.78, 5) is 61.1. The fourth-order valence-electron chi connectivity index (χ4n) is 6.13. The van der Waals surface area contributed by atoms with Crippen LogP contribution >= 0.6 is 0 Å². The fraction of sp³-hybridized carbons (Fsp3) is 0.758. The summed E-state index contributed by atoms with van der Waals surface area (Å²) in [7, 11) is 3.39. The van der Waals surface area contributed by atoms with E-state index in [-0.39, 0.29) is 54.2 Å². The van der Waals surface area contributed by atoms with E-state index in [2.05, 4.69) is 30.0 Å². The molecule has 1 unspecified atom stereocenters. The van der Waals surface area contributed by atoms with Crippen molar-refractivity contribution in [3.63, 3.8) is 0 Å². The molecule has 42 heavy (non-hydrogen) atoms. The largest absolute Gasteiger partial charge is 0.342 e. The maximum absolute atomic E-state index is 14.1. The monoisotopic (exact) mass is 585 g/mol. The molecule has 2 saturated heterocycles. The first-order valence-electron chi connectivity index (χ1n) is 15.5. The lowest BCUT2D eigenvalue weighted by atomic mass is 9.84. The molecule has 4 amide bonds. The van der Waals surface area contributed by atoms with Crippen molar-refractivity contribution in [1.29, 1.82) is 0 Å². The van der Waals surface area contributed by atoms with Crippen molar-refractivity contribution in [2.75, 3.05) is 33.7 Å². The van der Waals surface area contributed by atoms with Gasteiger partial charge in [-0.15, -0.1) is 6.42 Å². The molecule has 0 saturated carbocycles. The van der Waals surface area contributed by atoms with E-state index in [0.29, 0.717) is 18.5 Å². The average Bonchev–Trinajstić information content (AvgIpc) is 3.41. The number of amides is 4. The number of rotatable bonds is 10. The van der Waals surface area contributed by atoms with Crippen molar-refractivity contribution < 1.29 is 19.2 Å². The van der Waals surface area contributed by atoms with Crippen LogP contribution in [0.15, 0.2) is 11.6 Å². The van der Waals surface area contributed by atoms with Gasteiger partial charge in [-0.25, -0.2) is 0 Å². The molecule has 1 N–H and O–H groups in total. The molecule has 2 rings (SSSR count). The summed E-state index contributed by atoms with van der Waals surface area (Å²) in [6, 6.07) is -1.67. The Hall–Kier alpha value is -2.86. The van der Waals surface area contributed by atoms with Crippen LogP contribution in [0, 0.1) is 23.7 Å². The van der Waals surface area contributed by atoms with Crippen molar-refractivity contribution in [1.82, 2.24) is 24.9 Å². The third kappa shape index (κ3) is 8.59. The van der Waals surface area contributed by atoms with Crippen LogP contribution in [-0.2, 0) is 19.2 Å². The lowest BCUT2D eigenvalue weighted by Crippen LogP contribution is -2.60. The molecule has 2 aliphatic heterocycles. The van der Waals surface area contributed by atoms with E-state index in [0.717, 1.165) is 32.2 Å². The van der Waals surface area contributed by atoms with Crippen LogP contribution < -0.4 is 5.32 Å². The lowest BCUT2D eigenvalue weighted by molar-refractivity contribution is -0.142. The number of terminal acetylenes is 1. The maximum Gasteiger partial charge on any atom is 0.249 e. The fourth-order valence-corrected chi connectivity index (χ4v) is 6.13. The summed E-state index contributed by atoms with van der Waals surface area (Å²) in [5.74, 6) is 1.83. The van der Waals surface area contributed by atoms with Crippen LogP contribution in [0.4, 0.5) is 0 Å². The molecule has 0 aromatic carbocycles. The molecule has 0 radical (unpaired) electrons. The van der Waals surface area contributed by atoms with E-state index in [1.807, 2.05) is 40.7 Å². The highest BCUT2D eigenvalue weighted by Crippen LogP contribution is 2.27. The predicted octanol–water partition coefficient (Wildman–Crippen LogP) is 3.29. The summed E-state index contributed by atoms with van der Waals surface area (Å²) in [6.07, 6.45) is 11.4. The number of carbonyl (C=O) groups excluding carboxylic acids is 4. The standard InChI is InChI=1S/C33H55N5O4/c1-12-18-35(10)31(41)26-17-15-20-38(26)30(40)24(6)21-27(22(2)3)36(11)32(42)28(33(7,8)9)34-29(39)25-16-13-14-19-37(25)23(4)5/h1,21-23,25-28H,13-20H2,2-11H3,(H,34,39)/t25-,26+,27?,28-/m1/s1. The number of likely N-dealkylation sites (N-methyl/N-ethyl adjacent to an activating group) is 2. The van der Waals surface area contributed by atoms with Gasteiger partial charge in [-0.05, 0) is 64.3 Å². The van der Waals surface area contributed by atoms with E-state index in [9.17, 15) is 19.2 Å². The summed E-state index contributed by atoms with van der Waals surface area (Å²) in [6.45, 7) is 17.4. The van der Waals surface area contributed by atoms with E-state index in [1.54, 1.807) is 30.8 Å². The Labute approximate surface area is 254 Å². The van der Waals surface area contributed by atoms with Gasteiger partial charge in [-0.1, -0.05) is 53.0 Å². The Morgan fingerprint density at radius 3 is 2.17 bits per heavy atom. The smallest absolute Gasteiger partial charge is 0.249 e. The Kier molecular flexibility index (Phi) is 12.7. The molecule has 236 valence electrons. The molecule has 2 aliphatic rings. The third-order valence-electron chi connectivity index (χ3n) is 8.65. The number of piperidine rings is 1. The number of hydrogen-bond acceptors (Lipinski definition) is 5. The summed E-state index contributed by atoms with van der Waals surface area (Å²) >= 11 is 0. The van der Waals surface area contributed by atoms with E-state index < -0.39 is 17.5 Å². The van der Waals surface area contributed by atoms with Gasteiger partial charge in [0.25, 0.3) is 0 Å². The normalized spacial score (nSPS) is 21.6. The number of hydrogen-bond donors (Lipinski definition) is 1. The molecule has 9 nitrogen and oxygen atoms in total. The second-order valence-electron chi connectivity index (χ2n) is 13.7.